The van der Waals surface area contributed by atoms with Gasteiger partial charge in [0.15, 0.2) is 0 Å². The lowest BCUT2D eigenvalue weighted by Gasteiger charge is -2.37. The van der Waals surface area contributed by atoms with Gasteiger partial charge in [0.2, 0.25) is 17.6 Å². The van der Waals surface area contributed by atoms with E-state index in [4.69, 9.17) is 23.7 Å². The van der Waals surface area contributed by atoms with E-state index in [1.54, 1.807) is 44.3 Å². The number of Topliss-reactive ketones (excluding diaryl/α,β-unsaturated/α-hetero) is 1. The number of nitrogens with zero attached hydrogens (tertiary/aromatic N) is 3. The standard InChI is InChI=1S/C58H72N6O8S.2H2/c1-40(2)53(45-23-19-44(37-59)20-24-45)50(38-60)41(3)12-9-13-43-21-25-48(26-22-43)71-34-32-69-30-28-68-29-31-70-33-35-72-49-17-10-16-47(36-49)55(65)51-39-73-57(62-51)52-18-11-27-64(52)58(67)54(46-14-7-6-8-15-46)63-56(66)42(4)61-5;;/h9-10,12,16-17,19-26,36,39,42,46,52,54,57,61-62H,6-8,11,13-15,18,27-35H2,1-5H3,(H,63,66);2*1H/b12-9+,50-41-;;/t42-,52-,54-,57?;;/m0../s1. The summed E-state index contributed by atoms with van der Waals surface area (Å²) in [5, 5.41) is 30.4. The predicted molar refractivity (Wildman–Crippen MR) is 290 cm³/mol. The maximum Gasteiger partial charge on any atom is 0.245 e. The Balaban J connectivity index is 0.00000608. The number of nitrogens with one attached hydrogen (secondary N) is 3. The first kappa shape index (κ1) is 56.1. The molecule has 1 unspecified atom stereocenters. The Kier molecular flexibility index (Phi) is 22.7. The summed E-state index contributed by atoms with van der Waals surface area (Å²) in [4.78, 5) is 42.8. The summed E-state index contributed by atoms with van der Waals surface area (Å²) in [6, 6.07) is 25.8. The number of hydrogen-bond acceptors (Lipinski definition) is 13. The van der Waals surface area contributed by atoms with Gasteiger partial charge in [-0.1, -0.05) is 73.4 Å². The third-order valence-corrected chi connectivity index (χ3v) is 14.5. The molecule has 2 amide bonds. The molecule has 2 fully saturated rings. The zero-order valence-electron chi connectivity index (χ0n) is 43.1. The van der Waals surface area contributed by atoms with Gasteiger partial charge < -0.3 is 44.5 Å². The second-order valence-electron chi connectivity index (χ2n) is 18.7. The number of ketones is 1. The van der Waals surface area contributed by atoms with Crippen LogP contribution < -0.4 is 25.4 Å². The van der Waals surface area contributed by atoms with Crippen LogP contribution in [0.3, 0.4) is 0 Å². The average Bonchev–Trinajstić information content (AvgIpc) is 4.12. The van der Waals surface area contributed by atoms with Crippen molar-refractivity contribution in [1.82, 2.24) is 20.9 Å². The third-order valence-electron chi connectivity index (χ3n) is 13.4. The highest BCUT2D eigenvalue weighted by atomic mass is 32.2. The molecule has 1 saturated heterocycles. The van der Waals surface area contributed by atoms with E-state index < -0.39 is 12.1 Å². The van der Waals surface area contributed by atoms with E-state index in [1.165, 1.54) is 11.8 Å². The molecule has 2 aliphatic heterocycles. The van der Waals surface area contributed by atoms with Crippen LogP contribution in [-0.4, -0.2) is 112 Å². The summed E-state index contributed by atoms with van der Waals surface area (Å²) in [6.07, 6.45) is 11.6. The molecule has 3 aliphatic rings. The van der Waals surface area contributed by atoms with Gasteiger partial charge in [0.25, 0.3) is 0 Å². The molecule has 392 valence electrons. The van der Waals surface area contributed by atoms with E-state index >= 15 is 0 Å². The van der Waals surface area contributed by atoms with Crippen LogP contribution in [0.15, 0.2) is 113 Å². The first-order chi connectivity index (χ1) is 35.5. The monoisotopic (exact) mass is 1020 g/mol. The zero-order chi connectivity index (χ0) is 52.0. The van der Waals surface area contributed by atoms with Crippen LogP contribution in [0.2, 0.25) is 0 Å². The molecule has 0 spiro atoms. The summed E-state index contributed by atoms with van der Waals surface area (Å²) in [7, 11) is 1.74. The molecule has 73 heavy (non-hydrogen) atoms. The van der Waals surface area contributed by atoms with Crippen LogP contribution in [0.1, 0.15) is 103 Å². The van der Waals surface area contributed by atoms with E-state index in [1.807, 2.05) is 79.6 Å². The Hall–Kier alpha value is -6.20. The normalized spacial score (nSPS) is 17.9. The second kappa shape index (κ2) is 29.5. The van der Waals surface area contributed by atoms with Crippen LogP contribution in [0.25, 0.3) is 5.57 Å². The van der Waals surface area contributed by atoms with Gasteiger partial charge in [0.05, 0.1) is 80.0 Å². The lowest BCUT2D eigenvalue weighted by molar-refractivity contribution is -0.139. The Bertz CT molecular complexity index is 2530. The minimum atomic E-state index is -0.554. The minimum Gasteiger partial charge on any atom is -0.491 e. The van der Waals surface area contributed by atoms with E-state index in [9.17, 15) is 24.9 Å². The number of likely N-dealkylation sites (tertiary alicyclic amines) is 1. The Morgan fingerprint density at radius 1 is 0.822 bits per heavy atom. The zero-order valence-corrected chi connectivity index (χ0v) is 43.9. The molecule has 3 aromatic rings. The van der Waals surface area contributed by atoms with Crippen LogP contribution in [0, 0.1) is 28.6 Å². The molecule has 6 rings (SSSR count). The molecule has 14 nitrogen and oxygen atoms in total. The largest absolute Gasteiger partial charge is 0.491 e. The topological polar surface area (TPSA) is 184 Å². The lowest BCUT2D eigenvalue weighted by atomic mass is 9.83. The maximum atomic E-state index is 14.2. The van der Waals surface area contributed by atoms with Crippen molar-refractivity contribution in [2.45, 2.75) is 103 Å². The summed E-state index contributed by atoms with van der Waals surface area (Å²) in [5.74, 6) is 1.12. The Morgan fingerprint density at radius 3 is 2.11 bits per heavy atom. The lowest BCUT2D eigenvalue weighted by Crippen LogP contribution is -2.58. The van der Waals surface area contributed by atoms with Gasteiger partial charge in [-0.25, -0.2) is 0 Å². The van der Waals surface area contributed by atoms with Gasteiger partial charge in [-0.15, -0.1) is 11.8 Å². The summed E-state index contributed by atoms with van der Waals surface area (Å²) in [5.41, 5.74) is 6.99. The molecule has 2 heterocycles. The molecular weight excluding hydrogens is 941 g/mol. The van der Waals surface area contributed by atoms with Crippen molar-refractivity contribution in [3.63, 3.8) is 0 Å². The molecule has 1 saturated carbocycles. The van der Waals surface area contributed by atoms with Crippen molar-refractivity contribution in [2.24, 2.45) is 5.92 Å². The number of hydrogen-bond donors (Lipinski definition) is 3. The third kappa shape index (κ3) is 16.7. The predicted octanol–water partition coefficient (Wildman–Crippen LogP) is 9.34. The molecule has 3 aromatic carbocycles. The molecular formula is C58H76N6O8S. The highest BCUT2D eigenvalue weighted by Crippen LogP contribution is 2.35. The fourth-order valence-electron chi connectivity index (χ4n) is 9.26. The number of benzene rings is 3. The second-order valence-corrected chi connectivity index (χ2v) is 19.8. The fourth-order valence-corrected chi connectivity index (χ4v) is 10.4. The molecule has 4 atom stereocenters. The molecule has 1 aliphatic carbocycles. The summed E-state index contributed by atoms with van der Waals surface area (Å²) >= 11 is 1.53. The Morgan fingerprint density at radius 2 is 1.48 bits per heavy atom. The molecule has 0 bridgehead atoms. The van der Waals surface area contributed by atoms with E-state index in [2.05, 4.69) is 34.2 Å². The first-order valence-corrected chi connectivity index (χ1v) is 26.5. The molecule has 0 radical (unpaired) electrons. The quantitative estimate of drug-likeness (QED) is 0.0284. The van der Waals surface area contributed by atoms with E-state index in [0.29, 0.717) is 94.0 Å². The first-order valence-electron chi connectivity index (χ1n) is 25.6. The molecule has 3 N–H and O–H groups in total. The molecule has 0 aromatic heterocycles. The highest BCUT2D eigenvalue weighted by molar-refractivity contribution is 8.03. The van der Waals surface area contributed by atoms with Gasteiger partial charge in [-0.05, 0) is 131 Å². The van der Waals surface area contributed by atoms with Crippen molar-refractivity contribution >= 4 is 34.9 Å². The number of likely N-dealkylation sites (N-methyl/N-ethyl adjacent to an activating group) is 1. The summed E-state index contributed by atoms with van der Waals surface area (Å²) < 4.78 is 28.8. The van der Waals surface area contributed by atoms with Crippen LogP contribution in [-0.2, 0) is 30.2 Å². The van der Waals surface area contributed by atoms with Crippen LogP contribution in [0.5, 0.6) is 11.5 Å². The number of allylic oxidation sites excluding steroid dienone is 7. The number of amides is 2. The average molecular weight is 1020 g/mol. The smallest absolute Gasteiger partial charge is 0.245 e. The van der Waals surface area contributed by atoms with Gasteiger partial charge in [-0.3, -0.25) is 14.4 Å². The van der Waals surface area contributed by atoms with Crippen LogP contribution in [0.4, 0.5) is 0 Å². The number of ether oxygens (including phenoxy) is 5. The minimum absolute atomic E-state index is 0. The fraction of sp³-hybridized carbons (Fsp3) is 0.466. The van der Waals surface area contributed by atoms with Gasteiger partial charge in [0.1, 0.15) is 36.8 Å². The van der Waals surface area contributed by atoms with Crippen molar-refractivity contribution in [2.75, 3.05) is 66.4 Å². The van der Waals surface area contributed by atoms with Crippen molar-refractivity contribution in [1.29, 1.82) is 10.5 Å². The van der Waals surface area contributed by atoms with Gasteiger partial charge in [0, 0.05) is 20.4 Å². The van der Waals surface area contributed by atoms with E-state index in [-0.39, 0.29) is 37.8 Å². The van der Waals surface area contributed by atoms with Crippen molar-refractivity contribution in [3.8, 4) is 23.6 Å². The number of thioether (sulfide) groups is 1. The SMILES string of the molecule is CN[C@@H](C)C(=O)N[C@H](C(=O)N1CCC[C@H]1C1NC(C(=O)c2cccc(OCCOCCOCCOCCOc3ccc(C/C=C/C(C)=C(/C#N)C(=C(C)C)c4ccc(C#N)cc4)cc3)c2)=CS1)C1CCCCC1.[HH].[HH]. The van der Waals surface area contributed by atoms with Crippen LogP contribution >= 0.6 is 11.8 Å². The molecule has 15 heteroatoms. The van der Waals surface area contributed by atoms with E-state index in [0.717, 1.165) is 78.5 Å². The van der Waals surface area contributed by atoms with Crippen molar-refractivity contribution < 1.29 is 40.9 Å². The summed E-state index contributed by atoms with van der Waals surface area (Å²) in [6.45, 7) is 11.5. The number of rotatable bonds is 27. The van der Waals surface area contributed by atoms with Gasteiger partial charge >= 0.3 is 0 Å². The highest BCUT2D eigenvalue weighted by Gasteiger charge is 2.42. The Labute approximate surface area is 439 Å². The number of nitriles is 2. The number of carbonyl (C=O) groups is 3. The maximum absolute atomic E-state index is 14.2. The van der Waals surface area contributed by atoms with Crippen molar-refractivity contribution in [3.05, 3.63) is 135 Å². The number of carbonyl (C=O) groups excluding carboxylic acids is 3. The van der Waals surface area contributed by atoms with Gasteiger partial charge in [-0.2, -0.15) is 10.5 Å².